The average molecular weight is 341 g/mol. The van der Waals surface area contributed by atoms with Crippen molar-refractivity contribution in [1.82, 2.24) is 4.90 Å². The van der Waals surface area contributed by atoms with E-state index in [0.29, 0.717) is 0 Å². The number of amidine groups is 1. The number of benzene rings is 1. The van der Waals surface area contributed by atoms with E-state index >= 15 is 0 Å². The molecule has 1 aliphatic carbocycles. The summed E-state index contributed by atoms with van der Waals surface area (Å²) < 4.78 is 5.74. The van der Waals surface area contributed by atoms with Crippen LogP contribution in [0.5, 0.6) is 5.75 Å². The van der Waals surface area contributed by atoms with E-state index in [1.807, 2.05) is 0 Å². The molecule has 25 heavy (non-hydrogen) atoms. The van der Waals surface area contributed by atoms with Gasteiger partial charge in [-0.1, -0.05) is 12.8 Å². The number of nitrogens with two attached hydrogens (primary N) is 1. The van der Waals surface area contributed by atoms with Crippen molar-refractivity contribution in [2.24, 2.45) is 10.7 Å². The predicted octanol–water partition coefficient (Wildman–Crippen LogP) is 3.93. The molecule has 1 saturated heterocycles. The van der Waals surface area contributed by atoms with Crippen LogP contribution in [0.15, 0.2) is 17.1 Å². The Morgan fingerprint density at radius 3 is 2.60 bits per heavy atom. The summed E-state index contributed by atoms with van der Waals surface area (Å²) in [5.74, 6) is 1.85. The Hall–Kier alpha value is -1.55. The number of nitrogens with zero attached hydrogens (tertiary/aromatic N) is 2. The van der Waals surface area contributed by atoms with Crippen molar-refractivity contribution >= 4 is 11.5 Å². The first-order chi connectivity index (χ1) is 12.2. The number of fused-ring (bicyclic) bond motifs is 2. The summed E-state index contributed by atoms with van der Waals surface area (Å²) >= 11 is 0. The molecule has 2 heterocycles. The summed E-state index contributed by atoms with van der Waals surface area (Å²) in [6, 6.07) is 4.48. The van der Waals surface area contributed by atoms with E-state index in [0.717, 1.165) is 36.5 Å². The smallest absolute Gasteiger partial charge is 0.122 e. The van der Waals surface area contributed by atoms with Crippen LogP contribution in [0.4, 0.5) is 5.69 Å². The van der Waals surface area contributed by atoms with Crippen molar-refractivity contribution in [2.75, 3.05) is 26.7 Å². The fourth-order valence-electron chi connectivity index (χ4n) is 5.01. The molecule has 4 rings (SSSR count). The van der Waals surface area contributed by atoms with Gasteiger partial charge in [0.1, 0.15) is 11.6 Å². The van der Waals surface area contributed by atoms with Crippen LogP contribution < -0.4 is 10.5 Å². The first-order valence-electron chi connectivity index (χ1n) is 10.0. The first kappa shape index (κ1) is 16.9. The molecule has 0 aromatic heterocycles. The van der Waals surface area contributed by atoms with Gasteiger partial charge in [-0.05, 0) is 87.8 Å². The summed E-state index contributed by atoms with van der Waals surface area (Å²) in [7, 11) is 1.79. The summed E-state index contributed by atoms with van der Waals surface area (Å²) in [6.45, 7) is 3.82. The molecule has 2 fully saturated rings. The highest BCUT2D eigenvalue weighted by Crippen LogP contribution is 2.50. The number of unbranched alkanes of at least 4 members (excludes halogenated alkanes) is 1. The summed E-state index contributed by atoms with van der Waals surface area (Å²) in [4.78, 5) is 7.34. The third kappa shape index (κ3) is 3.05. The summed E-state index contributed by atoms with van der Waals surface area (Å²) in [5.41, 5.74) is 10.0. The molecule has 0 unspecified atom stereocenters. The van der Waals surface area contributed by atoms with Crippen LogP contribution in [0.2, 0.25) is 0 Å². The van der Waals surface area contributed by atoms with Gasteiger partial charge < -0.3 is 15.4 Å². The highest BCUT2D eigenvalue weighted by Gasteiger charge is 2.44. The van der Waals surface area contributed by atoms with Crippen molar-refractivity contribution in [3.63, 3.8) is 0 Å². The Kier molecular flexibility index (Phi) is 4.72. The van der Waals surface area contributed by atoms with Crippen LogP contribution >= 0.6 is 0 Å². The van der Waals surface area contributed by atoms with Crippen LogP contribution in [0.3, 0.4) is 0 Å². The van der Waals surface area contributed by atoms with Gasteiger partial charge in [0.05, 0.1) is 18.2 Å². The minimum absolute atomic E-state index is 0.00308. The number of methoxy groups -OCH3 is 1. The van der Waals surface area contributed by atoms with Crippen molar-refractivity contribution in [1.29, 1.82) is 0 Å². The lowest BCUT2D eigenvalue weighted by atomic mass is 9.78. The minimum Gasteiger partial charge on any atom is -0.496 e. The van der Waals surface area contributed by atoms with Gasteiger partial charge in [0, 0.05) is 0 Å². The molecule has 3 aliphatic rings. The lowest BCUT2D eigenvalue weighted by Gasteiger charge is -2.25. The highest BCUT2D eigenvalue weighted by atomic mass is 16.5. The van der Waals surface area contributed by atoms with Crippen molar-refractivity contribution < 1.29 is 4.74 Å². The maximum absolute atomic E-state index is 6.36. The number of hydrogen-bond acceptors (Lipinski definition) is 4. The van der Waals surface area contributed by atoms with Gasteiger partial charge >= 0.3 is 0 Å². The molecule has 0 amide bonds. The molecule has 2 N–H and O–H groups in total. The van der Waals surface area contributed by atoms with Gasteiger partial charge in [0.15, 0.2) is 0 Å². The molecule has 0 bridgehead atoms. The van der Waals surface area contributed by atoms with Crippen molar-refractivity contribution in [2.45, 2.75) is 63.2 Å². The maximum atomic E-state index is 6.36. The molecule has 4 nitrogen and oxygen atoms in total. The van der Waals surface area contributed by atoms with E-state index in [4.69, 9.17) is 15.5 Å². The van der Waals surface area contributed by atoms with Gasteiger partial charge in [0.2, 0.25) is 0 Å². The zero-order chi connectivity index (χ0) is 17.3. The Balaban J connectivity index is 1.47. The summed E-state index contributed by atoms with van der Waals surface area (Å²) in [5, 5.41) is 0. The molecular formula is C21H31N3O. The fraction of sp³-hybridized carbons (Fsp3) is 0.667. The van der Waals surface area contributed by atoms with E-state index in [2.05, 4.69) is 17.0 Å². The number of aryl methyl sites for hydroxylation is 1. The molecule has 1 aromatic carbocycles. The minimum atomic E-state index is -0.00308. The highest BCUT2D eigenvalue weighted by molar-refractivity contribution is 5.99. The third-order valence-electron chi connectivity index (χ3n) is 6.47. The number of rotatable bonds is 6. The van der Waals surface area contributed by atoms with Crippen LogP contribution in [0.1, 0.15) is 62.5 Å². The van der Waals surface area contributed by atoms with Crippen LogP contribution in [0, 0.1) is 0 Å². The number of likely N-dealkylation sites (tertiary alicyclic amines) is 1. The third-order valence-corrected chi connectivity index (χ3v) is 6.47. The molecule has 1 saturated carbocycles. The van der Waals surface area contributed by atoms with E-state index in [-0.39, 0.29) is 5.41 Å². The van der Waals surface area contributed by atoms with Gasteiger partial charge in [-0.2, -0.15) is 0 Å². The molecule has 0 atom stereocenters. The van der Waals surface area contributed by atoms with Crippen LogP contribution in [-0.2, 0) is 11.8 Å². The Morgan fingerprint density at radius 2 is 1.88 bits per heavy atom. The number of hydrogen-bond donors (Lipinski definition) is 1. The van der Waals surface area contributed by atoms with Gasteiger partial charge in [-0.25, -0.2) is 4.99 Å². The second kappa shape index (κ2) is 6.99. The van der Waals surface area contributed by atoms with Crippen LogP contribution in [0.25, 0.3) is 0 Å². The fourth-order valence-corrected chi connectivity index (χ4v) is 5.01. The monoisotopic (exact) mass is 341 g/mol. The zero-order valence-corrected chi connectivity index (χ0v) is 15.5. The topological polar surface area (TPSA) is 50.8 Å². The van der Waals surface area contributed by atoms with Gasteiger partial charge in [0.25, 0.3) is 0 Å². The normalized spacial score (nSPS) is 21.7. The lowest BCUT2D eigenvalue weighted by molar-refractivity contribution is 0.329. The molecule has 4 heteroatoms. The van der Waals surface area contributed by atoms with E-state index in [1.54, 1.807) is 7.11 Å². The Bertz CT molecular complexity index is 655. The van der Waals surface area contributed by atoms with E-state index in [9.17, 15) is 0 Å². The average Bonchev–Trinajstić information content (AvgIpc) is 3.35. The second-order valence-corrected chi connectivity index (χ2v) is 7.97. The predicted molar refractivity (Wildman–Crippen MR) is 103 cm³/mol. The molecule has 136 valence electrons. The molecule has 0 radical (unpaired) electrons. The maximum Gasteiger partial charge on any atom is 0.122 e. The lowest BCUT2D eigenvalue weighted by Crippen LogP contribution is -2.35. The Labute approximate surface area is 151 Å². The number of aliphatic imine (C=N–C) groups is 1. The van der Waals surface area contributed by atoms with Crippen molar-refractivity contribution in [3.05, 3.63) is 23.3 Å². The summed E-state index contributed by atoms with van der Waals surface area (Å²) in [6.07, 6.45) is 11.0. The number of ether oxygens (including phenoxy) is 1. The van der Waals surface area contributed by atoms with Crippen LogP contribution in [-0.4, -0.2) is 37.5 Å². The largest absolute Gasteiger partial charge is 0.496 e. The zero-order valence-electron chi connectivity index (χ0n) is 15.5. The first-order valence-corrected chi connectivity index (χ1v) is 10.0. The van der Waals surface area contributed by atoms with Gasteiger partial charge in [-0.15, -0.1) is 0 Å². The molecule has 1 spiro atoms. The van der Waals surface area contributed by atoms with E-state index < -0.39 is 0 Å². The van der Waals surface area contributed by atoms with E-state index in [1.165, 1.54) is 69.3 Å². The molecule has 2 aliphatic heterocycles. The van der Waals surface area contributed by atoms with Crippen molar-refractivity contribution in [3.8, 4) is 5.75 Å². The second-order valence-electron chi connectivity index (χ2n) is 7.97. The SMILES string of the molecule is COc1cc2c(cc1CCCCN1CCCC1)N=C(N)C21CCCC1. The standard InChI is InChI=1S/C21H31N3O/c1-25-19-15-17-18(23-20(22)21(17)9-3-4-10-21)14-16(19)8-2-5-11-24-12-6-7-13-24/h14-15H,2-13H2,1H3,(H2,22,23). The molecular weight excluding hydrogens is 310 g/mol. The molecule has 1 aromatic rings. The van der Waals surface area contributed by atoms with Gasteiger partial charge in [-0.3, -0.25) is 0 Å². The Morgan fingerprint density at radius 1 is 1.12 bits per heavy atom. The quantitative estimate of drug-likeness (QED) is 0.798.